The van der Waals surface area contributed by atoms with Crippen LogP contribution in [0.25, 0.3) is 0 Å². The molecule has 5 heteroatoms. The third kappa shape index (κ3) is 3.77. The van der Waals surface area contributed by atoms with Crippen LogP contribution in [0, 0.1) is 0 Å². The van der Waals surface area contributed by atoms with Gasteiger partial charge in [-0.1, -0.05) is 0 Å². The number of aromatic nitrogens is 1. The first-order valence-electron chi connectivity index (χ1n) is 6.06. The van der Waals surface area contributed by atoms with E-state index in [2.05, 4.69) is 23.7 Å². The Hall–Kier alpha value is -1.49. The predicted molar refractivity (Wildman–Crippen MR) is 73.1 cm³/mol. The molecule has 0 unspecified atom stereocenters. The van der Waals surface area contributed by atoms with Crippen LogP contribution in [-0.4, -0.2) is 42.7 Å². The minimum absolute atomic E-state index is 0.0607. The van der Waals surface area contributed by atoms with Gasteiger partial charge in [0.15, 0.2) is 0 Å². The Bertz CT molecular complexity index is 392. The van der Waals surface area contributed by atoms with Gasteiger partial charge in [0.05, 0.1) is 12.3 Å². The van der Waals surface area contributed by atoms with Crippen LogP contribution in [0.5, 0.6) is 11.8 Å². The second-order valence-corrected chi connectivity index (χ2v) is 4.97. The van der Waals surface area contributed by atoms with Gasteiger partial charge in [-0.25, -0.2) is 0 Å². The zero-order valence-corrected chi connectivity index (χ0v) is 11.9. The van der Waals surface area contributed by atoms with Crippen LogP contribution in [0.4, 0.5) is 5.69 Å². The summed E-state index contributed by atoms with van der Waals surface area (Å²) in [5.41, 5.74) is 6.22. The Morgan fingerprint density at radius 3 is 2.50 bits per heavy atom. The number of anilines is 1. The van der Waals surface area contributed by atoms with Crippen molar-refractivity contribution in [3.63, 3.8) is 0 Å². The van der Waals surface area contributed by atoms with Crippen LogP contribution in [0.1, 0.15) is 20.8 Å². The minimum Gasteiger partial charge on any atom is -0.476 e. The van der Waals surface area contributed by atoms with E-state index in [-0.39, 0.29) is 5.54 Å². The van der Waals surface area contributed by atoms with Gasteiger partial charge in [0.1, 0.15) is 6.61 Å². The van der Waals surface area contributed by atoms with Crippen molar-refractivity contribution in [2.75, 3.05) is 33.0 Å². The highest BCUT2D eigenvalue weighted by Crippen LogP contribution is 2.23. The van der Waals surface area contributed by atoms with Crippen molar-refractivity contribution in [3.8, 4) is 11.8 Å². The maximum atomic E-state index is 5.75. The van der Waals surface area contributed by atoms with Crippen LogP contribution in [0.3, 0.4) is 0 Å². The summed E-state index contributed by atoms with van der Waals surface area (Å²) in [5, 5.41) is 0. The number of nitrogens with two attached hydrogens (primary N) is 1. The van der Waals surface area contributed by atoms with E-state index >= 15 is 0 Å². The molecule has 1 rings (SSSR count). The summed E-state index contributed by atoms with van der Waals surface area (Å²) in [6.45, 7) is 7.18. The van der Waals surface area contributed by atoms with E-state index in [1.165, 1.54) is 0 Å². The molecule has 1 aromatic rings. The third-order valence-corrected chi connectivity index (χ3v) is 2.93. The Balaban J connectivity index is 2.71. The minimum atomic E-state index is -0.0607. The maximum Gasteiger partial charge on any atom is 0.240 e. The highest BCUT2D eigenvalue weighted by molar-refractivity contribution is 5.49. The summed E-state index contributed by atoms with van der Waals surface area (Å²) in [5.74, 6) is 0.959. The number of nitrogen functional groups attached to an aromatic ring is 1. The molecule has 5 nitrogen and oxygen atoms in total. The molecule has 0 aliphatic heterocycles. The Morgan fingerprint density at radius 2 is 1.94 bits per heavy atom. The van der Waals surface area contributed by atoms with E-state index in [9.17, 15) is 0 Å². The Morgan fingerprint density at radius 1 is 1.28 bits per heavy atom. The summed E-state index contributed by atoms with van der Waals surface area (Å²) < 4.78 is 11.0. The number of ether oxygens (including phenoxy) is 2. The lowest BCUT2D eigenvalue weighted by Crippen LogP contribution is -2.43. The first kappa shape index (κ1) is 14.6. The quantitative estimate of drug-likeness (QED) is 0.837. The monoisotopic (exact) mass is 253 g/mol. The van der Waals surface area contributed by atoms with Crippen LogP contribution >= 0.6 is 0 Å². The normalized spacial score (nSPS) is 11.7. The van der Waals surface area contributed by atoms with Gasteiger partial charge < -0.3 is 20.1 Å². The topological polar surface area (TPSA) is 60.6 Å². The Kier molecular flexibility index (Phi) is 4.78. The highest BCUT2D eigenvalue weighted by atomic mass is 16.5. The number of pyridine rings is 1. The molecule has 0 aliphatic rings. The van der Waals surface area contributed by atoms with Crippen LogP contribution < -0.4 is 15.2 Å². The average Bonchev–Trinajstić information content (AvgIpc) is 2.30. The zero-order valence-electron chi connectivity index (χ0n) is 11.9. The first-order valence-corrected chi connectivity index (χ1v) is 6.06. The van der Waals surface area contributed by atoms with Crippen LogP contribution in [0.15, 0.2) is 12.1 Å². The molecule has 0 aromatic carbocycles. The second-order valence-electron chi connectivity index (χ2n) is 4.97. The van der Waals surface area contributed by atoms with E-state index in [0.717, 1.165) is 0 Å². The van der Waals surface area contributed by atoms with Gasteiger partial charge in [-0.3, -0.25) is 0 Å². The largest absolute Gasteiger partial charge is 0.476 e. The van der Waals surface area contributed by atoms with Crippen molar-refractivity contribution in [3.05, 3.63) is 12.1 Å². The zero-order chi connectivity index (χ0) is 13.8. The number of hydrogen-bond donors (Lipinski definition) is 1. The van der Waals surface area contributed by atoms with Gasteiger partial charge in [0.25, 0.3) is 0 Å². The first-order chi connectivity index (χ1) is 8.36. The number of hydrogen-bond acceptors (Lipinski definition) is 5. The van der Waals surface area contributed by atoms with Crippen molar-refractivity contribution >= 4 is 5.69 Å². The molecule has 0 fully saturated rings. The molecule has 0 radical (unpaired) electrons. The smallest absolute Gasteiger partial charge is 0.240 e. The third-order valence-electron chi connectivity index (χ3n) is 2.93. The van der Waals surface area contributed by atoms with E-state index in [4.69, 9.17) is 15.2 Å². The molecule has 102 valence electrons. The molecule has 0 spiro atoms. The lowest BCUT2D eigenvalue weighted by atomic mass is 10.1. The van der Waals surface area contributed by atoms with Crippen molar-refractivity contribution in [2.24, 2.45) is 0 Å². The van der Waals surface area contributed by atoms with Crippen molar-refractivity contribution < 1.29 is 9.47 Å². The molecule has 0 amide bonds. The molecule has 1 heterocycles. The summed E-state index contributed by atoms with van der Waals surface area (Å²) in [6.07, 6.45) is 0. The van der Waals surface area contributed by atoms with Gasteiger partial charge in [-0.05, 0) is 40.9 Å². The number of rotatable bonds is 6. The molecule has 1 aromatic heterocycles. The summed E-state index contributed by atoms with van der Waals surface area (Å²) in [7, 11) is 4.04. The van der Waals surface area contributed by atoms with Crippen LogP contribution in [0.2, 0.25) is 0 Å². The van der Waals surface area contributed by atoms with Crippen molar-refractivity contribution in [1.29, 1.82) is 0 Å². The van der Waals surface area contributed by atoms with Gasteiger partial charge in [0.2, 0.25) is 11.8 Å². The van der Waals surface area contributed by atoms with E-state index in [1.54, 1.807) is 12.1 Å². The molecular formula is C13H23N3O2. The highest BCUT2D eigenvalue weighted by Gasteiger charge is 2.21. The van der Waals surface area contributed by atoms with E-state index in [1.807, 2.05) is 21.0 Å². The SMILES string of the molecule is CCOc1nc(OCC(C)(C)N(C)C)ccc1N. The molecule has 0 bridgehead atoms. The molecule has 18 heavy (non-hydrogen) atoms. The summed E-state index contributed by atoms with van der Waals surface area (Å²) >= 11 is 0. The number of likely N-dealkylation sites (N-methyl/N-ethyl adjacent to an activating group) is 1. The maximum absolute atomic E-state index is 5.75. The lowest BCUT2D eigenvalue weighted by molar-refractivity contribution is 0.110. The van der Waals surface area contributed by atoms with Crippen LogP contribution in [-0.2, 0) is 0 Å². The molecule has 0 saturated heterocycles. The molecule has 2 N–H and O–H groups in total. The average molecular weight is 253 g/mol. The van der Waals surface area contributed by atoms with Gasteiger partial charge in [-0.2, -0.15) is 4.98 Å². The Labute approximate surface area is 109 Å². The van der Waals surface area contributed by atoms with E-state index < -0.39 is 0 Å². The fourth-order valence-electron chi connectivity index (χ4n) is 1.15. The fourth-order valence-corrected chi connectivity index (χ4v) is 1.15. The van der Waals surface area contributed by atoms with Gasteiger partial charge in [0, 0.05) is 11.6 Å². The van der Waals surface area contributed by atoms with Crippen molar-refractivity contribution in [1.82, 2.24) is 9.88 Å². The molecule has 0 saturated carbocycles. The summed E-state index contributed by atoms with van der Waals surface area (Å²) in [4.78, 5) is 6.34. The van der Waals surface area contributed by atoms with E-state index in [0.29, 0.717) is 30.7 Å². The molecular weight excluding hydrogens is 230 g/mol. The lowest BCUT2D eigenvalue weighted by Gasteiger charge is -2.31. The molecule has 0 atom stereocenters. The van der Waals surface area contributed by atoms with Gasteiger partial charge in [-0.15, -0.1) is 0 Å². The predicted octanol–water partition coefficient (Wildman–Crippen LogP) is 1.78. The summed E-state index contributed by atoms with van der Waals surface area (Å²) in [6, 6.07) is 3.50. The second kappa shape index (κ2) is 5.91. The standard InChI is InChI=1S/C13H23N3O2/c1-6-17-12-10(14)7-8-11(15-12)18-9-13(2,3)16(4)5/h7-8H,6,9,14H2,1-5H3. The fraction of sp³-hybridized carbons (Fsp3) is 0.615. The molecule has 0 aliphatic carbocycles. The van der Waals surface area contributed by atoms with Crippen molar-refractivity contribution in [2.45, 2.75) is 26.3 Å². The van der Waals surface area contributed by atoms with Gasteiger partial charge >= 0.3 is 0 Å². The number of nitrogens with zero attached hydrogens (tertiary/aromatic N) is 2.